The van der Waals surface area contributed by atoms with Crippen LogP contribution in [0.5, 0.6) is 0 Å². The average molecular weight is 273 g/mol. The smallest absolute Gasteiger partial charge is 0.307 e. The molecule has 1 aliphatic carbocycles. The molecular formula is C13H23NO3S. The van der Waals surface area contributed by atoms with Crippen LogP contribution in [-0.2, 0) is 9.59 Å². The molecule has 1 amide bonds. The van der Waals surface area contributed by atoms with Gasteiger partial charge >= 0.3 is 5.97 Å². The van der Waals surface area contributed by atoms with E-state index in [1.807, 2.05) is 13.3 Å². The molecule has 1 rings (SSSR count). The van der Waals surface area contributed by atoms with Gasteiger partial charge in [0.15, 0.2) is 0 Å². The van der Waals surface area contributed by atoms with E-state index < -0.39 is 11.9 Å². The summed E-state index contributed by atoms with van der Waals surface area (Å²) in [6, 6.07) is 0.211. The van der Waals surface area contributed by atoms with E-state index in [1.165, 1.54) is 0 Å². The summed E-state index contributed by atoms with van der Waals surface area (Å²) >= 11 is 1.72. The predicted molar refractivity (Wildman–Crippen MR) is 73.7 cm³/mol. The number of carbonyl (C=O) groups excluding carboxylic acids is 1. The number of nitrogens with zero attached hydrogens (tertiary/aromatic N) is 1. The van der Waals surface area contributed by atoms with Crippen LogP contribution in [-0.4, -0.2) is 47.0 Å². The Labute approximate surface area is 113 Å². The van der Waals surface area contributed by atoms with Crippen LogP contribution in [0.25, 0.3) is 0 Å². The standard InChI is InChI=1S/C13H23NO3S/c1-4-9(8-18-3)14(2)12(15)10-6-5-7-11(10)13(16)17/h9-11H,4-8H2,1-3H3,(H,16,17). The summed E-state index contributed by atoms with van der Waals surface area (Å²) < 4.78 is 0. The molecule has 4 nitrogen and oxygen atoms in total. The van der Waals surface area contributed by atoms with Gasteiger partial charge in [0.05, 0.1) is 11.8 Å². The number of rotatable bonds is 6. The minimum absolute atomic E-state index is 0.0146. The molecule has 0 aromatic heterocycles. The van der Waals surface area contributed by atoms with Gasteiger partial charge in [-0.25, -0.2) is 0 Å². The molecule has 1 fully saturated rings. The third kappa shape index (κ3) is 3.40. The van der Waals surface area contributed by atoms with Crippen LogP contribution in [0.3, 0.4) is 0 Å². The Morgan fingerprint density at radius 3 is 2.50 bits per heavy atom. The first kappa shape index (κ1) is 15.3. The Bertz CT molecular complexity index is 309. The van der Waals surface area contributed by atoms with Gasteiger partial charge in [-0.2, -0.15) is 11.8 Å². The molecule has 0 heterocycles. The molecule has 1 N–H and O–H groups in total. The Morgan fingerprint density at radius 2 is 2.00 bits per heavy atom. The molecule has 5 heteroatoms. The highest BCUT2D eigenvalue weighted by Crippen LogP contribution is 2.33. The summed E-state index contributed by atoms with van der Waals surface area (Å²) in [5, 5.41) is 9.14. The van der Waals surface area contributed by atoms with E-state index >= 15 is 0 Å². The van der Waals surface area contributed by atoms with E-state index in [0.717, 1.165) is 25.0 Å². The molecule has 3 atom stereocenters. The maximum atomic E-state index is 12.4. The summed E-state index contributed by atoms with van der Waals surface area (Å²) in [5.41, 5.74) is 0. The highest BCUT2D eigenvalue weighted by Gasteiger charge is 2.39. The normalized spacial score (nSPS) is 24.8. The van der Waals surface area contributed by atoms with E-state index in [9.17, 15) is 9.59 Å². The summed E-state index contributed by atoms with van der Waals surface area (Å²) in [6.07, 6.45) is 5.14. The second-order valence-electron chi connectivity index (χ2n) is 4.95. The van der Waals surface area contributed by atoms with Gasteiger partial charge in [-0.15, -0.1) is 0 Å². The van der Waals surface area contributed by atoms with Crippen molar-refractivity contribution in [2.45, 2.75) is 38.6 Å². The number of thioether (sulfide) groups is 1. The molecule has 1 aliphatic rings. The molecular weight excluding hydrogens is 250 g/mol. The van der Waals surface area contributed by atoms with Crippen molar-refractivity contribution in [2.24, 2.45) is 11.8 Å². The molecule has 0 saturated heterocycles. The van der Waals surface area contributed by atoms with E-state index in [1.54, 1.807) is 16.7 Å². The first-order valence-corrected chi connectivity index (χ1v) is 7.90. The lowest BCUT2D eigenvalue weighted by Gasteiger charge is -2.30. The Kier molecular flexibility index (Phi) is 5.99. The fourth-order valence-corrected chi connectivity index (χ4v) is 3.53. The topological polar surface area (TPSA) is 57.6 Å². The van der Waals surface area contributed by atoms with E-state index in [4.69, 9.17) is 5.11 Å². The minimum atomic E-state index is -0.822. The van der Waals surface area contributed by atoms with Crippen LogP contribution in [0.15, 0.2) is 0 Å². The fraction of sp³-hybridized carbons (Fsp3) is 0.846. The van der Waals surface area contributed by atoms with Crippen molar-refractivity contribution in [3.63, 3.8) is 0 Å². The number of carboxylic acids is 1. The summed E-state index contributed by atoms with van der Waals surface area (Å²) in [5.74, 6) is -0.698. The Hall–Kier alpha value is -0.710. The first-order valence-electron chi connectivity index (χ1n) is 6.51. The molecule has 3 unspecified atom stereocenters. The second-order valence-corrected chi connectivity index (χ2v) is 5.86. The largest absolute Gasteiger partial charge is 0.481 e. The number of carbonyl (C=O) groups is 2. The number of aliphatic carboxylic acids is 1. The van der Waals surface area contributed by atoms with Gasteiger partial charge in [0.1, 0.15) is 0 Å². The van der Waals surface area contributed by atoms with Crippen LogP contribution in [0, 0.1) is 11.8 Å². The van der Waals surface area contributed by atoms with Gasteiger partial charge in [-0.05, 0) is 25.5 Å². The van der Waals surface area contributed by atoms with Crippen molar-refractivity contribution < 1.29 is 14.7 Å². The van der Waals surface area contributed by atoms with Crippen LogP contribution in [0.2, 0.25) is 0 Å². The fourth-order valence-electron chi connectivity index (χ4n) is 2.69. The summed E-state index contributed by atoms with van der Waals surface area (Å²) in [7, 11) is 1.81. The summed E-state index contributed by atoms with van der Waals surface area (Å²) in [6.45, 7) is 2.06. The Morgan fingerprint density at radius 1 is 1.39 bits per heavy atom. The summed E-state index contributed by atoms with van der Waals surface area (Å²) in [4.78, 5) is 25.3. The van der Waals surface area contributed by atoms with Gasteiger partial charge in [-0.3, -0.25) is 9.59 Å². The highest BCUT2D eigenvalue weighted by molar-refractivity contribution is 7.98. The van der Waals surface area contributed by atoms with Crippen LogP contribution in [0.4, 0.5) is 0 Å². The van der Waals surface area contributed by atoms with E-state index in [2.05, 4.69) is 6.92 Å². The third-order valence-electron chi connectivity index (χ3n) is 3.88. The highest BCUT2D eigenvalue weighted by atomic mass is 32.2. The third-order valence-corrected chi connectivity index (χ3v) is 4.59. The molecule has 0 aliphatic heterocycles. The van der Waals surface area contributed by atoms with Crippen LogP contribution >= 0.6 is 11.8 Å². The second kappa shape index (κ2) is 7.02. The number of amides is 1. The van der Waals surface area contributed by atoms with Gasteiger partial charge < -0.3 is 10.0 Å². The first-order chi connectivity index (χ1) is 8.52. The molecule has 0 aromatic rings. The lowest BCUT2D eigenvalue weighted by Crippen LogP contribution is -2.43. The quantitative estimate of drug-likeness (QED) is 0.805. The van der Waals surface area contributed by atoms with Gasteiger partial charge in [0, 0.05) is 18.8 Å². The van der Waals surface area contributed by atoms with Gasteiger partial charge in [0.25, 0.3) is 0 Å². The molecule has 0 bridgehead atoms. The monoisotopic (exact) mass is 273 g/mol. The number of hydrogen-bond acceptors (Lipinski definition) is 3. The van der Waals surface area contributed by atoms with Crippen molar-refractivity contribution in [3.8, 4) is 0 Å². The van der Waals surface area contributed by atoms with Crippen LogP contribution in [0.1, 0.15) is 32.6 Å². The zero-order valence-corrected chi connectivity index (χ0v) is 12.2. The molecule has 18 heavy (non-hydrogen) atoms. The van der Waals surface area contributed by atoms with Gasteiger partial charge in [0.2, 0.25) is 5.91 Å². The van der Waals surface area contributed by atoms with Crippen molar-refractivity contribution in [1.82, 2.24) is 4.90 Å². The zero-order valence-electron chi connectivity index (χ0n) is 11.4. The minimum Gasteiger partial charge on any atom is -0.481 e. The van der Waals surface area contributed by atoms with Crippen molar-refractivity contribution in [3.05, 3.63) is 0 Å². The van der Waals surface area contributed by atoms with Gasteiger partial charge in [-0.1, -0.05) is 13.3 Å². The SMILES string of the molecule is CCC(CSC)N(C)C(=O)C1CCCC1C(=O)O. The average Bonchev–Trinajstić information content (AvgIpc) is 2.83. The molecule has 0 radical (unpaired) electrons. The molecule has 1 saturated carbocycles. The maximum Gasteiger partial charge on any atom is 0.307 e. The number of hydrogen-bond donors (Lipinski definition) is 1. The van der Waals surface area contributed by atoms with E-state index in [-0.39, 0.29) is 17.9 Å². The zero-order chi connectivity index (χ0) is 13.7. The molecule has 104 valence electrons. The maximum absolute atomic E-state index is 12.4. The lowest BCUT2D eigenvalue weighted by molar-refractivity contribution is -0.149. The van der Waals surface area contributed by atoms with Crippen LogP contribution < -0.4 is 0 Å². The molecule has 0 aromatic carbocycles. The van der Waals surface area contributed by atoms with Crippen molar-refractivity contribution in [1.29, 1.82) is 0 Å². The molecule has 0 spiro atoms. The van der Waals surface area contributed by atoms with E-state index in [0.29, 0.717) is 6.42 Å². The lowest BCUT2D eigenvalue weighted by atomic mass is 9.94. The van der Waals surface area contributed by atoms with Crippen molar-refractivity contribution in [2.75, 3.05) is 19.1 Å². The number of carboxylic acid groups (broad SMARTS) is 1. The Balaban J connectivity index is 2.70. The predicted octanol–water partition coefficient (Wildman–Crippen LogP) is 2.09. The van der Waals surface area contributed by atoms with Crippen molar-refractivity contribution >= 4 is 23.6 Å².